The van der Waals surface area contributed by atoms with E-state index in [0.717, 1.165) is 26.7 Å². The lowest BCUT2D eigenvalue weighted by Crippen LogP contribution is -2.20. The number of carbonyl (C=O) groups excluding carboxylic acids is 1. The maximum Gasteiger partial charge on any atom is 0.262 e. The van der Waals surface area contributed by atoms with Crippen molar-refractivity contribution in [2.45, 2.75) is 30.7 Å². The number of nitrogens with one attached hydrogen (secondary N) is 1. The number of hydrogen-bond acceptors (Lipinski definition) is 6. The molecule has 1 amide bonds. The van der Waals surface area contributed by atoms with Crippen LogP contribution in [-0.4, -0.2) is 32.1 Å². The Hall–Kier alpha value is -3.39. The molecule has 2 aromatic heterocycles. The number of carbonyl (C=O) groups is 1. The molecule has 0 aliphatic heterocycles. The Morgan fingerprint density at radius 1 is 1.10 bits per heavy atom. The molecule has 0 aliphatic rings. The molecule has 0 unspecified atom stereocenters. The normalized spacial score (nSPS) is 10.9. The van der Waals surface area contributed by atoms with Crippen LogP contribution in [0.4, 0.5) is 5.69 Å². The molecule has 2 heterocycles. The summed E-state index contributed by atoms with van der Waals surface area (Å²) in [4.78, 5) is 22.0. The zero-order valence-electron chi connectivity index (χ0n) is 16.9. The highest BCUT2D eigenvalue weighted by atomic mass is 32.2. The summed E-state index contributed by atoms with van der Waals surface area (Å²) in [5, 5.41) is 8.14. The molecule has 8 heteroatoms. The molecule has 0 radical (unpaired) electrons. The third-order valence-electron chi connectivity index (χ3n) is 4.61. The monoisotopic (exact) mass is 419 g/mol. The average molecular weight is 420 g/mol. The Bertz CT molecular complexity index is 1200. The van der Waals surface area contributed by atoms with Gasteiger partial charge in [-0.25, -0.2) is 4.98 Å². The number of anilines is 1. The molecule has 4 aromatic rings. The highest BCUT2D eigenvalue weighted by molar-refractivity contribution is 7.99. The average Bonchev–Trinajstić information content (AvgIpc) is 3.20. The van der Waals surface area contributed by atoms with Gasteiger partial charge in [-0.15, -0.1) is 0 Å². The van der Waals surface area contributed by atoms with Gasteiger partial charge in [-0.05, 0) is 45.0 Å². The minimum absolute atomic E-state index is 0.0667. The number of ether oxygens (including phenoxy) is 1. The van der Waals surface area contributed by atoms with Gasteiger partial charge in [0, 0.05) is 16.2 Å². The Balaban J connectivity index is 1.52. The molecule has 30 heavy (non-hydrogen) atoms. The van der Waals surface area contributed by atoms with Crippen molar-refractivity contribution >= 4 is 29.1 Å². The third kappa shape index (κ3) is 4.28. The maximum absolute atomic E-state index is 12.5. The molecule has 0 saturated carbocycles. The number of nitrogens with zero attached hydrogens (tertiary/aromatic N) is 4. The Labute approximate surface area is 178 Å². The van der Waals surface area contributed by atoms with E-state index in [0.29, 0.717) is 17.2 Å². The second-order valence-corrected chi connectivity index (χ2v) is 7.88. The molecule has 152 valence electrons. The number of rotatable bonds is 6. The fraction of sp³-hybridized carbons (Fsp3) is 0.182. The van der Waals surface area contributed by atoms with Crippen molar-refractivity contribution in [3.05, 3.63) is 71.7 Å². The zero-order valence-corrected chi connectivity index (χ0v) is 17.7. The first-order valence-electron chi connectivity index (χ1n) is 9.44. The van der Waals surface area contributed by atoms with Crippen molar-refractivity contribution in [2.75, 3.05) is 11.9 Å². The number of aryl methyl sites for hydroxylation is 2. The summed E-state index contributed by atoms with van der Waals surface area (Å²) < 4.78 is 7.30. The molecule has 0 saturated heterocycles. The lowest BCUT2D eigenvalue weighted by molar-refractivity contribution is -0.118. The molecule has 2 aromatic carbocycles. The van der Waals surface area contributed by atoms with Gasteiger partial charge in [0.1, 0.15) is 17.1 Å². The van der Waals surface area contributed by atoms with Crippen molar-refractivity contribution < 1.29 is 9.53 Å². The van der Waals surface area contributed by atoms with Crippen LogP contribution in [0.1, 0.15) is 16.8 Å². The summed E-state index contributed by atoms with van der Waals surface area (Å²) in [6.45, 7) is 5.89. The lowest BCUT2D eigenvalue weighted by Gasteiger charge is -2.14. The van der Waals surface area contributed by atoms with Crippen molar-refractivity contribution in [3.8, 4) is 5.75 Å². The first kappa shape index (κ1) is 19.9. The van der Waals surface area contributed by atoms with Crippen LogP contribution in [-0.2, 0) is 4.79 Å². The first-order chi connectivity index (χ1) is 14.5. The van der Waals surface area contributed by atoms with Crippen molar-refractivity contribution in [1.82, 2.24) is 19.6 Å². The van der Waals surface area contributed by atoms with E-state index in [1.165, 1.54) is 18.1 Å². The third-order valence-corrected chi connectivity index (χ3v) is 5.86. The van der Waals surface area contributed by atoms with Crippen LogP contribution in [0.5, 0.6) is 5.75 Å². The molecule has 0 fully saturated rings. The van der Waals surface area contributed by atoms with Gasteiger partial charge in [0.25, 0.3) is 11.7 Å². The molecule has 1 N–H and O–H groups in total. The summed E-state index contributed by atoms with van der Waals surface area (Å²) >= 11 is 1.51. The Morgan fingerprint density at radius 3 is 2.67 bits per heavy atom. The summed E-state index contributed by atoms with van der Waals surface area (Å²) in [5.41, 5.74) is 3.76. The number of hydrogen-bond donors (Lipinski definition) is 1. The van der Waals surface area contributed by atoms with Gasteiger partial charge in [0.15, 0.2) is 6.61 Å². The van der Waals surface area contributed by atoms with Crippen LogP contribution in [0.3, 0.4) is 0 Å². The van der Waals surface area contributed by atoms with Crippen LogP contribution in [0.15, 0.2) is 64.8 Å². The fourth-order valence-corrected chi connectivity index (χ4v) is 3.95. The van der Waals surface area contributed by atoms with Crippen LogP contribution < -0.4 is 10.1 Å². The molecule has 0 spiro atoms. The molecule has 7 nitrogen and oxygen atoms in total. The smallest absolute Gasteiger partial charge is 0.262 e. The summed E-state index contributed by atoms with van der Waals surface area (Å²) in [6.07, 6.45) is 1.49. The maximum atomic E-state index is 12.5. The zero-order chi connectivity index (χ0) is 21.1. The standard InChI is InChI=1S/C22H21N5O2S/c1-14-8-10-17(11-9-14)29-12-20(28)26-18-6-4-5-7-19(18)30-21-15(2)16(3)25-22-23-13-24-27(21)22/h4-11,13H,12H2,1-3H3,(H,26,28). The van der Waals surface area contributed by atoms with Crippen LogP contribution >= 0.6 is 11.8 Å². The van der Waals surface area contributed by atoms with E-state index in [4.69, 9.17) is 4.74 Å². The molecule has 4 rings (SSSR count). The largest absolute Gasteiger partial charge is 0.484 e. The van der Waals surface area contributed by atoms with Gasteiger partial charge < -0.3 is 10.1 Å². The van der Waals surface area contributed by atoms with E-state index in [2.05, 4.69) is 20.4 Å². The van der Waals surface area contributed by atoms with Gasteiger partial charge >= 0.3 is 0 Å². The van der Waals surface area contributed by atoms with Gasteiger partial charge in [-0.1, -0.05) is 41.6 Å². The van der Waals surface area contributed by atoms with E-state index >= 15 is 0 Å². The van der Waals surface area contributed by atoms with Crippen LogP contribution in [0.25, 0.3) is 5.78 Å². The van der Waals surface area contributed by atoms with E-state index in [1.807, 2.05) is 69.3 Å². The van der Waals surface area contributed by atoms with Gasteiger partial charge in [0.05, 0.1) is 5.69 Å². The quantitative estimate of drug-likeness (QED) is 0.471. The van der Waals surface area contributed by atoms with Crippen LogP contribution in [0.2, 0.25) is 0 Å². The second-order valence-electron chi connectivity index (χ2n) is 6.85. The predicted octanol–water partition coefficient (Wildman–Crippen LogP) is 4.22. The minimum atomic E-state index is -0.225. The summed E-state index contributed by atoms with van der Waals surface area (Å²) in [5.74, 6) is 0.987. The highest BCUT2D eigenvalue weighted by Crippen LogP contribution is 2.35. The summed E-state index contributed by atoms with van der Waals surface area (Å²) in [7, 11) is 0. The SMILES string of the molecule is Cc1ccc(OCC(=O)Nc2ccccc2Sc2c(C)c(C)nc3ncnn23)cc1. The number of benzene rings is 2. The number of aromatic nitrogens is 4. The van der Waals surface area contributed by atoms with Crippen molar-refractivity contribution in [2.24, 2.45) is 0 Å². The Kier molecular flexibility index (Phi) is 5.67. The van der Waals surface area contributed by atoms with Gasteiger partial charge in [-0.3, -0.25) is 4.79 Å². The topological polar surface area (TPSA) is 81.4 Å². The van der Waals surface area contributed by atoms with Crippen molar-refractivity contribution in [1.29, 1.82) is 0 Å². The van der Waals surface area contributed by atoms with Gasteiger partial charge in [0.2, 0.25) is 0 Å². The van der Waals surface area contributed by atoms with E-state index in [1.54, 1.807) is 4.52 Å². The second kappa shape index (κ2) is 8.54. The highest BCUT2D eigenvalue weighted by Gasteiger charge is 2.15. The number of fused-ring (bicyclic) bond motifs is 1. The fourth-order valence-electron chi connectivity index (χ4n) is 2.85. The molecule has 0 aliphatic carbocycles. The summed E-state index contributed by atoms with van der Waals surface area (Å²) in [6, 6.07) is 15.2. The Morgan fingerprint density at radius 2 is 1.87 bits per heavy atom. The molecular weight excluding hydrogens is 398 g/mol. The van der Waals surface area contributed by atoms with E-state index < -0.39 is 0 Å². The van der Waals surface area contributed by atoms with Crippen molar-refractivity contribution in [3.63, 3.8) is 0 Å². The van der Waals surface area contributed by atoms with Gasteiger partial charge in [-0.2, -0.15) is 14.6 Å². The van der Waals surface area contributed by atoms with E-state index in [-0.39, 0.29) is 12.5 Å². The first-order valence-corrected chi connectivity index (χ1v) is 10.3. The molecule has 0 bridgehead atoms. The van der Waals surface area contributed by atoms with Crippen LogP contribution in [0, 0.1) is 20.8 Å². The molecular formula is C22H21N5O2S. The number of para-hydroxylation sites is 1. The molecule has 0 atom stereocenters. The van der Waals surface area contributed by atoms with E-state index in [9.17, 15) is 4.79 Å². The predicted molar refractivity (Wildman–Crippen MR) is 116 cm³/mol. The minimum Gasteiger partial charge on any atom is -0.484 e. The number of amides is 1. The lowest BCUT2D eigenvalue weighted by atomic mass is 10.2.